The fourth-order valence-corrected chi connectivity index (χ4v) is 1.37. The van der Waals surface area contributed by atoms with Crippen LogP contribution in [0.1, 0.15) is 12.8 Å². The summed E-state index contributed by atoms with van der Waals surface area (Å²) in [7, 11) is 0. The van der Waals surface area contributed by atoms with Crippen molar-refractivity contribution in [1.29, 1.82) is 0 Å². The van der Waals surface area contributed by atoms with Crippen molar-refractivity contribution in [2.24, 2.45) is 0 Å². The van der Waals surface area contributed by atoms with Crippen LogP contribution in [0.2, 0.25) is 0 Å². The van der Waals surface area contributed by atoms with Gasteiger partial charge in [0.2, 0.25) is 0 Å². The van der Waals surface area contributed by atoms with Gasteiger partial charge in [-0.2, -0.15) is 17.6 Å². The highest BCUT2D eigenvalue weighted by molar-refractivity contribution is 5.79. The van der Waals surface area contributed by atoms with Crippen LogP contribution in [0.15, 0.2) is 0 Å². The monoisotopic (exact) mass is 236 g/mol. The topological polar surface area (TPSA) is 37.3 Å². The Morgan fingerprint density at radius 3 is 2.07 bits per heavy atom. The second-order valence-electron chi connectivity index (χ2n) is 3.31. The Bertz CT molecular complexity index is 291. The van der Waals surface area contributed by atoms with Crippen molar-refractivity contribution >= 4 is 5.97 Å². The van der Waals surface area contributed by atoms with E-state index in [0.717, 1.165) is 0 Å². The van der Waals surface area contributed by atoms with Crippen LogP contribution in [0.4, 0.5) is 26.3 Å². The van der Waals surface area contributed by atoms with E-state index in [4.69, 9.17) is 5.11 Å². The highest BCUT2D eigenvalue weighted by Gasteiger charge is 2.78. The number of halogens is 6. The Kier molecular flexibility index (Phi) is 2.44. The molecule has 2 atom stereocenters. The second kappa shape index (κ2) is 3.02. The van der Waals surface area contributed by atoms with Gasteiger partial charge in [0.15, 0.2) is 6.17 Å². The number of hydrogen-bond donors (Lipinski definition) is 1. The zero-order valence-corrected chi connectivity index (χ0v) is 7.11. The Morgan fingerprint density at radius 2 is 1.67 bits per heavy atom. The predicted octanol–water partition coefficient (Wildman–Crippen LogP) is 2.18. The quantitative estimate of drug-likeness (QED) is 0.708. The summed E-state index contributed by atoms with van der Waals surface area (Å²) in [6, 6.07) is 0. The van der Waals surface area contributed by atoms with Crippen molar-refractivity contribution in [2.45, 2.75) is 36.5 Å². The summed E-state index contributed by atoms with van der Waals surface area (Å²) in [5, 5.41) is 8.14. The van der Waals surface area contributed by atoms with Crippen molar-refractivity contribution in [2.75, 3.05) is 0 Å². The number of alkyl halides is 6. The molecule has 0 amide bonds. The van der Waals surface area contributed by atoms with Gasteiger partial charge in [-0.3, -0.25) is 0 Å². The van der Waals surface area contributed by atoms with Gasteiger partial charge in [0, 0.05) is 6.42 Å². The molecule has 0 aromatic heterocycles. The molecule has 0 aromatic rings. The molecule has 1 aliphatic carbocycles. The van der Waals surface area contributed by atoms with E-state index < -0.39 is 42.5 Å². The van der Waals surface area contributed by atoms with E-state index in [1.807, 2.05) is 0 Å². The van der Waals surface area contributed by atoms with Gasteiger partial charge in [0.25, 0.3) is 5.67 Å². The lowest BCUT2D eigenvalue weighted by Gasteiger charge is -2.40. The summed E-state index contributed by atoms with van der Waals surface area (Å²) in [6.45, 7) is 0. The van der Waals surface area contributed by atoms with Crippen LogP contribution in [-0.4, -0.2) is 34.8 Å². The van der Waals surface area contributed by atoms with E-state index in [0.29, 0.717) is 0 Å². The minimum absolute atomic E-state index is 1.26. The molecule has 1 N–H and O–H groups in total. The summed E-state index contributed by atoms with van der Waals surface area (Å²) < 4.78 is 76.4. The summed E-state index contributed by atoms with van der Waals surface area (Å²) in [4.78, 5) is 10.2. The van der Waals surface area contributed by atoms with Gasteiger partial charge in [-0.1, -0.05) is 0 Å². The Balaban J connectivity index is 3.22. The molecule has 0 aromatic carbocycles. The first-order valence-corrected chi connectivity index (χ1v) is 3.89. The van der Waals surface area contributed by atoms with Gasteiger partial charge in [-0.05, 0) is 6.42 Å². The van der Waals surface area contributed by atoms with Crippen LogP contribution in [0.3, 0.4) is 0 Å². The standard InChI is InChI=1S/C7H6F6O2/c8-3-1-2-5(9,4(14)15)7(12,13)6(3,10)11/h3H,1-2H2,(H,14,15). The van der Waals surface area contributed by atoms with Crippen molar-refractivity contribution < 1.29 is 36.2 Å². The third kappa shape index (κ3) is 1.30. The van der Waals surface area contributed by atoms with Gasteiger partial charge in [-0.15, -0.1) is 0 Å². The highest BCUT2D eigenvalue weighted by atomic mass is 19.3. The van der Waals surface area contributed by atoms with Crippen LogP contribution >= 0.6 is 0 Å². The first-order chi connectivity index (χ1) is 6.57. The summed E-state index contributed by atoms with van der Waals surface area (Å²) in [6.07, 6.45) is -5.98. The number of carboxylic acids is 1. The average Bonchev–Trinajstić information content (AvgIpc) is 2.10. The van der Waals surface area contributed by atoms with Crippen LogP contribution in [-0.2, 0) is 4.79 Å². The molecule has 2 unspecified atom stereocenters. The average molecular weight is 236 g/mol. The summed E-state index contributed by atoms with van der Waals surface area (Å²) in [5.74, 6) is -13.6. The van der Waals surface area contributed by atoms with Crippen molar-refractivity contribution in [1.82, 2.24) is 0 Å². The molecular weight excluding hydrogens is 230 g/mol. The van der Waals surface area contributed by atoms with Gasteiger partial charge >= 0.3 is 17.8 Å². The Labute approximate surface area is 79.9 Å². The number of aliphatic carboxylic acids is 1. The third-order valence-corrected chi connectivity index (χ3v) is 2.39. The molecule has 0 aliphatic heterocycles. The number of carboxylic acid groups (broad SMARTS) is 1. The number of hydrogen-bond acceptors (Lipinski definition) is 1. The molecule has 1 fully saturated rings. The Morgan fingerprint density at radius 1 is 1.20 bits per heavy atom. The Hall–Kier alpha value is -0.950. The molecular formula is C7H6F6O2. The zero-order valence-electron chi connectivity index (χ0n) is 7.11. The van der Waals surface area contributed by atoms with Gasteiger partial charge in [-0.25, -0.2) is 13.6 Å². The van der Waals surface area contributed by atoms with Crippen molar-refractivity contribution in [3.8, 4) is 0 Å². The maximum absolute atomic E-state index is 13.1. The SMILES string of the molecule is O=C(O)C1(F)CCC(F)C(F)(F)C1(F)F. The molecule has 88 valence electrons. The van der Waals surface area contributed by atoms with Gasteiger partial charge in [0.05, 0.1) is 0 Å². The van der Waals surface area contributed by atoms with E-state index in [9.17, 15) is 31.1 Å². The van der Waals surface area contributed by atoms with Gasteiger partial charge in [0.1, 0.15) is 0 Å². The molecule has 0 spiro atoms. The van der Waals surface area contributed by atoms with Crippen molar-refractivity contribution in [3.63, 3.8) is 0 Å². The first-order valence-electron chi connectivity index (χ1n) is 3.89. The smallest absolute Gasteiger partial charge is 0.357 e. The fourth-order valence-electron chi connectivity index (χ4n) is 1.37. The molecule has 1 rings (SSSR count). The number of carbonyl (C=O) groups is 1. The molecule has 8 heteroatoms. The van der Waals surface area contributed by atoms with E-state index in [1.54, 1.807) is 0 Å². The lowest BCUT2D eigenvalue weighted by atomic mass is 9.79. The second-order valence-corrected chi connectivity index (χ2v) is 3.31. The fraction of sp³-hybridized carbons (Fsp3) is 0.857. The summed E-state index contributed by atoms with van der Waals surface area (Å²) >= 11 is 0. The minimum Gasteiger partial charge on any atom is -0.479 e. The first kappa shape index (κ1) is 12.1. The molecule has 0 saturated heterocycles. The summed E-state index contributed by atoms with van der Waals surface area (Å²) in [5.41, 5.74) is -4.42. The van der Waals surface area contributed by atoms with Crippen LogP contribution < -0.4 is 0 Å². The zero-order chi connectivity index (χ0) is 12.1. The van der Waals surface area contributed by atoms with E-state index >= 15 is 0 Å². The third-order valence-electron chi connectivity index (χ3n) is 2.39. The van der Waals surface area contributed by atoms with Gasteiger partial charge < -0.3 is 5.11 Å². The molecule has 1 saturated carbocycles. The predicted molar refractivity (Wildman–Crippen MR) is 35.5 cm³/mol. The van der Waals surface area contributed by atoms with E-state index in [2.05, 4.69) is 0 Å². The van der Waals surface area contributed by atoms with Crippen LogP contribution in [0.25, 0.3) is 0 Å². The van der Waals surface area contributed by atoms with E-state index in [1.165, 1.54) is 0 Å². The molecule has 2 nitrogen and oxygen atoms in total. The molecule has 1 aliphatic rings. The van der Waals surface area contributed by atoms with Crippen LogP contribution in [0, 0.1) is 0 Å². The molecule has 15 heavy (non-hydrogen) atoms. The normalized spacial score (nSPS) is 38.7. The van der Waals surface area contributed by atoms with Crippen molar-refractivity contribution in [3.05, 3.63) is 0 Å². The maximum atomic E-state index is 13.1. The number of rotatable bonds is 1. The minimum atomic E-state index is -5.55. The van der Waals surface area contributed by atoms with E-state index in [-0.39, 0.29) is 0 Å². The lowest BCUT2D eigenvalue weighted by Crippen LogP contribution is -2.66. The highest BCUT2D eigenvalue weighted by Crippen LogP contribution is 2.54. The lowest BCUT2D eigenvalue weighted by molar-refractivity contribution is -0.309. The van der Waals surface area contributed by atoms with Crippen LogP contribution in [0.5, 0.6) is 0 Å². The molecule has 0 bridgehead atoms. The molecule has 0 heterocycles. The molecule has 0 radical (unpaired) electrons. The maximum Gasteiger partial charge on any atom is 0.357 e. The largest absolute Gasteiger partial charge is 0.479 e.